The third-order valence-corrected chi connectivity index (χ3v) is 7.45. The van der Waals surface area contributed by atoms with Crippen LogP contribution in [-0.4, -0.2) is 13.0 Å². The zero-order valence-corrected chi connectivity index (χ0v) is 19.2. The van der Waals surface area contributed by atoms with Crippen LogP contribution in [0.1, 0.15) is 22.3 Å². The molecule has 0 saturated heterocycles. The molecule has 0 amide bonds. The molecule has 0 N–H and O–H groups in total. The maximum atomic E-state index is 13.7. The minimum absolute atomic E-state index is 0.132. The SMILES string of the molecule is Cc1ccc(Cn2c(-c3ccccc3)cc(C)c(S(=O)(=O)c3cccc(C)c3)c2=O)cc1. The summed E-state index contributed by atoms with van der Waals surface area (Å²) in [7, 11) is -3.98. The van der Waals surface area contributed by atoms with Crippen molar-refractivity contribution in [3.05, 3.63) is 118 Å². The van der Waals surface area contributed by atoms with Crippen molar-refractivity contribution < 1.29 is 8.42 Å². The number of pyridine rings is 1. The van der Waals surface area contributed by atoms with Gasteiger partial charge in [0.1, 0.15) is 4.90 Å². The minimum atomic E-state index is -3.98. The van der Waals surface area contributed by atoms with Gasteiger partial charge in [0, 0.05) is 0 Å². The van der Waals surface area contributed by atoms with Gasteiger partial charge in [-0.2, -0.15) is 0 Å². The maximum Gasteiger partial charge on any atom is 0.270 e. The first-order valence-electron chi connectivity index (χ1n) is 10.4. The van der Waals surface area contributed by atoms with Gasteiger partial charge >= 0.3 is 0 Å². The van der Waals surface area contributed by atoms with Gasteiger partial charge in [0.25, 0.3) is 5.56 Å². The molecular weight excluding hydrogens is 418 g/mol. The van der Waals surface area contributed by atoms with Crippen molar-refractivity contribution in [2.24, 2.45) is 0 Å². The Bertz CT molecular complexity index is 1430. The lowest BCUT2D eigenvalue weighted by Crippen LogP contribution is -2.29. The Morgan fingerprint density at radius 1 is 0.750 bits per heavy atom. The summed E-state index contributed by atoms with van der Waals surface area (Å²) in [5.41, 5.74) is 4.36. The van der Waals surface area contributed by atoms with E-state index in [-0.39, 0.29) is 16.3 Å². The molecule has 0 bridgehead atoms. The highest BCUT2D eigenvalue weighted by molar-refractivity contribution is 7.91. The molecule has 0 fully saturated rings. The van der Waals surface area contributed by atoms with Crippen molar-refractivity contribution in [2.45, 2.75) is 37.1 Å². The molecule has 0 unspecified atom stereocenters. The van der Waals surface area contributed by atoms with Crippen LogP contribution in [0.5, 0.6) is 0 Å². The van der Waals surface area contributed by atoms with E-state index in [1.807, 2.05) is 74.5 Å². The molecule has 5 heteroatoms. The predicted octanol–water partition coefficient (Wildman–Crippen LogP) is 5.32. The standard InChI is InChI=1S/C27H25NO3S/c1-19-12-14-22(15-13-19)18-28-25(23-9-5-4-6-10-23)17-21(3)26(27(28)29)32(30,31)24-11-7-8-20(2)16-24/h4-17H,18H2,1-3H3. The van der Waals surface area contributed by atoms with Crippen molar-refractivity contribution in [1.82, 2.24) is 4.57 Å². The number of nitrogens with zero attached hydrogens (tertiary/aromatic N) is 1. The second-order valence-electron chi connectivity index (χ2n) is 8.10. The summed E-state index contributed by atoms with van der Waals surface area (Å²) in [6.45, 7) is 5.80. The first-order valence-corrected chi connectivity index (χ1v) is 11.9. The maximum absolute atomic E-state index is 13.7. The molecule has 0 saturated carbocycles. The molecule has 0 radical (unpaired) electrons. The number of aromatic nitrogens is 1. The average molecular weight is 444 g/mol. The number of rotatable bonds is 5. The van der Waals surface area contributed by atoms with E-state index in [1.165, 1.54) is 6.07 Å². The number of benzene rings is 3. The number of hydrogen-bond donors (Lipinski definition) is 0. The monoisotopic (exact) mass is 443 g/mol. The van der Waals surface area contributed by atoms with Gasteiger partial charge in [-0.3, -0.25) is 4.79 Å². The second-order valence-corrected chi connectivity index (χ2v) is 9.99. The van der Waals surface area contributed by atoms with Crippen LogP contribution in [0.4, 0.5) is 0 Å². The Balaban J connectivity index is 1.97. The molecule has 0 spiro atoms. The van der Waals surface area contributed by atoms with E-state index in [2.05, 4.69) is 0 Å². The first kappa shape index (κ1) is 21.8. The molecule has 1 aromatic heterocycles. The fourth-order valence-electron chi connectivity index (χ4n) is 3.86. The van der Waals surface area contributed by atoms with E-state index < -0.39 is 15.4 Å². The van der Waals surface area contributed by atoms with Gasteiger partial charge in [-0.15, -0.1) is 0 Å². The van der Waals surface area contributed by atoms with Crippen LogP contribution in [0.15, 0.2) is 99.5 Å². The third-order valence-electron chi connectivity index (χ3n) is 5.54. The average Bonchev–Trinajstić information content (AvgIpc) is 2.77. The Morgan fingerprint density at radius 2 is 1.44 bits per heavy atom. The van der Waals surface area contributed by atoms with Gasteiger partial charge in [-0.05, 0) is 61.2 Å². The van der Waals surface area contributed by atoms with Crippen molar-refractivity contribution in [1.29, 1.82) is 0 Å². The Hall–Kier alpha value is -3.44. The van der Waals surface area contributed by atoms with Crippen LogP contribution in [-0.2, 0) is 16.4 Å². The first-order chi connectivity index (χ1) is 15.3. The van der Waals surface area contributed by atoms with Gasteiger partial charge in [-0.25, -0.2) is 8.42 Å². The van der Waals surface area contributed by atoms with Crippen molar-refractivity contribution in [2.75, 3.05) is 0 Å². The van der Waals surface area contributed by atoms with Gasteiger partial charge in [-0.1, -0.05) is 72.3 Å². The van der Waals surface area contributed by atoms with E-state index in [4.69, 9.17) is 0 Å². The van der Waals surface area contributed by atoms with Gasteiger partial charge in [0.2, 0.25) is 9.84 Å². The van der Waals surface area contributed by atoms with Gasteiger partial charge in [0.05, 0.1) is 17.1 Å². The zero-order chi connectivity index (χ0) is 22.9. The Morgan fingerprint density at radius 3 is 2.09 bits per heavy atom. The highest BCUT2D eigenvalue weighted by Gasteiger charge is 2.27. The van der Waals surface area contributed by atoms with Crippen LogP contribution >= 0.6 is 0 Å². The molecule has 32 heavy (non-hydrogen) atoms. The molecule has 1 heterocycles. The minimum Gasteiger partial charge on any atom is -0.303 e. The highest BCUT2D eigenvalue weighted by atomic mass is 32.2. The lowest BCUT2D eigenvalue weighted by molar-refractivity contribution is 0.591. The molecule has 0 aliphatic heterocycles. The summed E-state index contributed by atoms with van der Waals surface area (Å²) in [6.07, 6.45) is 0. The smallest absolute Gasteiger partial charge is 0.270 e. The topological polar surface area (TPSA) is 56.1 Å². The van der Waals surface area contributed by atoms with Crippen LogP contribution in [0.2, 0.25) is 0 Å². The fraction of sp³-hybridized carbons (Fsp3) is 0.148. The molecule has 4 nitrogen and oxygen atoms in total. The molecular formula is C27H25NO3S. The quantitative estimate of drug-likeness (QED) is 0.419. The molecule has 4 aromatic rings. The Labute approximate surface area is 188 Å². The highest BCUT2D eigenvalue weighted by Crippen LogP contribution is 2.27. The Kier molecular flexibility index (Phi) is 5.85. The lowest BCUT2D eigenvalue weighted by Gasteiger charge is -2.18. The van der Waals surface area contributed by atoms with Crippen LogP contribution in [0, 0.1) is 20.8 Å². The van der Waals surface area contributed by atoms with Crippen molar-refractivity contribution >= 4 is 9.84 Å². The second kappa shape index (κ2) is 8.60. The van der Waals surface area contributed by atoms with Crippen molar-refractivity contribution in [3.63, 3.8) is 0 Å². The van der Waals surface area contributed by atoms with E-state index in [0.717, 1.165) is 22.3 Å². The molecule has 162 valence electrons. The summed E-state index contributed by atoms with van der Waals surface area (Å²) in [5.74, 6) is 0. The largest absolute Gasteiger partial charge is 0.303 e. The molecule has 0 aliphatic rings. The molecule has 4 rings (SSSR count). The molecule has 3 aromatic carbocycles. The third kappa shape index (κ3) is 4.16. The van der Waals surface area contributed by atoms with Crippen LogP contribution in [0.3, 0.4) is 0 Å². The number of sulfone groups is 1. The number of aryl methyl sites for hydroxylation is 3. The normalized spacial score (nSPS) is 11.5. The number of hydrogen-bond acceptors (Lipinski definition) is 3. The molecule has 0 atom stereocenters. The summed E-state index contributed by atoms with van der Waals surface area (Å²) in [6, 6.07) is 25.9. The predicted molar refractivity (Wildman–Crippen MR) is 128 cm³/mol. The van der Waals surface area contributed by atoms with Crippen LogP contribution < -0.4 is 5.56 Å². The fourth-order valence-corrected chi connectivity index (χ4v) is 5.51. The molecule has 0 aliphatic carbocycles. The van der Waals surface area contributed by atoms with E-state index in [0.29, 0.717) is 11.3 Å². The summed E-state index contributed by atoms with van der Waals surface area (Å²) in [5, 5.41) is 0. The zero-order valence-electron chi connectivity index (χ0n) is 18.4. The lowest BCUT2D eigenvalue weighted by atomic mass is 10.1. The van der Waals surface area contributed by atoms with E-state index >= 15 is 0 Å². The summed E-state index contributed by atoms with van der Waals surface area (Å²) >= 11 is 0. The van der Waals surface area contributed by atoms with E-state index in [9.17, 15) is 13.2 Å². The van der Waals surface area contributed by atoms with Gasteiger partial charge < -0.3 is 4.57 Å². The summed E-state index contributed by atoms with van der Waals surface area (Å²) < 4.78 is 28.6. The van der Waals surface area contributed by atoms with Crippen molar-refractivity contribution in [3.8, 4) is 11.3 Å². The van der Waals surface area contributed by atoms with Gasteiger partial charge in [0.15, 0.2) is 0 Å². The van der Waals surface area contributed by atoms with E-state index in [1.54, 1.807) is 29.7 Å². The summed E-state index contributed by atoms with van der Waals surface area (Å²) in [4.78, 5) is 13.7. The van der Waals surface area contributed by atoms with Crippen LogP contribution in [0.25, 0.3) is 11.3 Å².